The number of hydrogen-bond acceptors (Lipinski definition) is 2. The van der Waals surface area contributed by atoms with Gasteiger partial charge < -0.3 is 10.6 Å². The van der Waals surface area contributed by atoms with Gasteiger partial charge in [0, 0.05) is 18.7 Å². The van der Waals surface area contributed by atoms with Crippen molar-refractivity contribution in [2.75, 3.05) is 11.4 Å². The number of hydrogen-bond donors (Lipinski definition) is 2. The lowest BCUT2D eigenvalue weighted by Crippen LogP contribution is -2.26. The van der Waals surface area contributed by atoms with Crippen LogP contribution in [-0.2, 0) is 6.54 Å². The monoisotopic (exact) mass is 267 g/mol. The smallest absolute Gasteiger partial charge is 0.124 e. The molecule has 0 amide bonds. The van der Waals surface area contributed by atoms with Gasteiger partial charge in [-0.05, 0) is 31.0 Å². The molecule has 0 saturated heterocycles. The van der Waals surface area contributed by atoms with E-state index in [1.165, 1.54) is 5.56 Å². The SMILES string of the molecule is CCN(Cc1ccccc1)c1c(C)cccc1C(=N)N. The molecule has 0 fully saturated rings. The molecule has 0 radical (unpaired) electrons. The Bertz CT molecular complexity index is 590. The van der Waals surface area contributed by atoms with Crippen molar-refractivity contribution in [3.63, 3.8) is 0 Å². The number of nitrogens with zero attached hydrogens (tertiary/aromatic N) is 1. The van der Waals surface area contributed by atoms with Crippen LogP contribution in [0.15, 0.2) is 48.5 Å². The molecule has 0 heterocycles. The summed E-state index contributed by atoms with van der Waals surface area (Å²) in [7, 11) is 0. The Kier molecular flexibility index (Phi) is 4.41. The highest BCUT2D eigenvalue weighted by molar-refractivity contribution is 6.01. The summed E-state index contributed by atoms with van der Waals surface area (Å²) < 4.78 is 0. The molecule has 2 aromatic carbocycles. The van der Waals surface area contributed by atoms with Crippen LogP contribution in [0.4, 0.5) is 5.69 Å². The maximum Gasteiger partial charge on any atom is 0.124 e. The summed E-state index contributed by atoms with van der Waals surface area (Å²) in [6.45, 7) is 5.89. The normalized spacial score (nSPS) is 10.3. The van der Waals surface area contributed by atoms with Gasteiger partial charge in [0.1, 0.15) is 5.84 Å². The Morgan fingerprint density at radius 2 is 1.80 bits per heavy atom. The van der Waals surface area contributed by atoms with E-state index in [2.05, 4.69) is 36.9 Å². The lowest BCUT2D eigenvalue weighted by Gasteiger charge is -2.27. The van der Waals surface area contributed by atoms with E-state index < -0.39 is 0 Å². The van der Waals surface area contributed by atoms with Gasteiger partial charge in [-0.2, -0.15) is 0 Å². The predicted octanol–water partition coefficient (Wildman–Crippen LogP) is 3.31. The van der Waals surface area contributed by atoms with Crippen LogP contribution in [0.5, 0.6) is 0 Å². The maximum absolute atomic E-state index is 7.77. The minimum atomic E-state index is 0.121. The molecule has 3 nitrogen and oxygen atoms in total. The summed E-state index contributed by atoms with van der Waals surface area (Å²) in [6.07, 6.45) is 0. The van der Waals surface area contributed by atoms with Crippen LogP contribution in [0.2, 0.25) is 0 Å². The van der Waals surface area contributed by atoms with E-state index >= 15 is 0 Å². The van der Waals surface area contributed by atoms with Crippen LogP contribution < -0.4 is 10.6 Å². The molecule has 0 atom stereocenters. The summed E-state index contributed by atoms with van der Waals surface area (Å²) in [6, 6.07) is 16.3. The largest absolute Gasteiger partial charge is 0.384 e. The standard InChI is InChI=1S/C17H21N3/c1-3-20(12-14-9-5-4-6-10-14)16-13(2)8-7-11-15(16)17(18)19/h4-11H,3,12H2,1-2H3,(H3,18,19). The third kappa shape index (κ3) is 2.99. The summed E-state index contributed by atoms with van der Waals surface area (Å²) in [5.41, 5.74) is 10.0. The number of para-hydroxylation sites is 1. The number of rotatable bonds is 5. The molecule has 0 aromatic heterocycles. The second-order valence-electron chi connectivity index (χ2n) is 4.88. The lowest BCUT2D eigenvalue weighted by atomic mass is 10.0. The molecule has 3 heteroatoms. The van der Waals surface area contributed by atoms with Gasteiger partial charge in [-0.3, -0.25) is 5.41 Å². The van der Waals surface area contributed by atoms with Crippen LogP contribution >= 0.6 is 0 Å². The average molecular weight is 267 g/mol. The molecule has 0 spiro atoms. The number of aryl methyl sites for hydroxylation is 1. The highest BCUT2D eigenvalue weighted by Crippen LogP contribution is 2.26. The van der Waals surface area contributed by atoms with E-state index in [0.29, 0.717) is 0 Å². The van der Waals surface area contributed by atoms with Crippen molar-refractivity contribution in [3.05, 3.63) is 65.2 Å². The highest BCUT2D eigenvalue weighted by Gasteiger charge is 2.14. The molecule has 104 valence electrons. The first-order valence-electron chi connectivity index (χ1n) is 6.86. The zero-order valence-corrected chi connectivity index (χ0v) is 12.1. The Hall–Kier alpha value is -2.29. The number of nitrogens with two attached hydrogens (primary N) is 1. The van der Waals surface area contributed by atoms with Crippen molar-refractivity contribution in [3.8, 4) is 0 Å². The number of nitrogens with one attached hydrogen (secondary N) is 1. The predicted molar refractivity (Wildman–Crippen MR) is 85.4 cm³/mol. The summed E-state index contributed by atoms with van der Waals surface area (Å²) in [5, 5.41) is 7.77. The van der Waals surface area contributed by atoms with E-state index in [-0.39, 0.29) is 5.84 Å². The Balaban J connectivity index is 2.39. The number of benzene rings is 2. The highest BCUT2D eigenvalue weighted by atomic mass is 15.1. The van der Waals surface area contributed by atoms with Gasteiger partial charge in [0.25, 0.3) is 0 Å². The first-order chi connectivity index (χ1) is 9.63. The molecule has 0 unspecified atom stereocenters. The molecule has 0 aliphatic rings. The van der Waals surface area contributed by atoms with Crippen molar-refractivity contribution in [1.29, 1.82) is 5.41 Å². The van der Waals surface area contributed by atoms with Gasteiger partial charge >= 0.3 is 0 Å². The van der Waals surface area contributed by atoms with Crippen LogP contribution in [0.25, 0.3) is 0 Å². The van der Waals surface area contributed by atoms with Gasteiger partial charge in [-0.1, -0.05) is 42.5 Å². The van der Waals surface area contributed by atoms with E-state index in [9.17, 15) is 0 Å². The Morgan fingerprint density at radius 3 is 2.40 bits per heavy atom. The summed E-state index contributed by atoms with van der Waals surface area (Å²) in [5.74, 6) is 0.121. The van der Waals surface area contributed by atoms with Gasteiger partial charge in [0.15, 0.2) is 0 Å². The van der Waals surface area contributed by atoms with Crippen molar-refractivity contribution in [2.45, 2.75) is 20.4 Å². The van der Waals surface area contributed by atoms with Gasteiger partial charge in [0.05, 0.1) is 5.69 Å². The van der Waals surface area contributed by atoms with Crippen LogP contribution in [0, 0.1) is 12.3 Å². The molecule has 3 N–H and O–H groups in total. The minimum absolute atomic E-state index is 0.121. The summed E-state index contributed by atoms with van der Waals surface area (Å²) in [4.78, 5) is 2.27. The van der Waals surface area contributed by atoms with E-state index in [0.717, 1.165) is 29.9 Å². The fraction of sp³-hybridized carbons (Fsp3) is 0.235. The number of anilines is 1. The molecule has 2 rings (SSSR count). The molecule has 0 aliphatic heterocycles. The number of nitrogen functional groups attached to an aromatic ring is 1. The maximum atomic E-state index is 7.77. The fourth-order valence-corrected chi connectivity index (χ4v) is 2.45. The third-order valence-electron chi connectivity index (χ3n) is 3.44. The average Bonchev–Trinajstić information content (AvgIpc) is 2.46. The second-order valence-corrected chi connectivity index (χ2v) is 4.88. The quantitative estimate of drug-likeness (QED) is 0.645. The third-order valence-corrected chi connectivity index (χ3v) is 3.44. The zero-order chi connectivity index (χ0) is 14.5. The molecule has 0 saturated carbocycles. The van der Waals surface area contributed by atoms with E-state index in [1.807, 2.05) is 30.3 Å². The molecule has 0 aliphatic carbocycles. The van der Waals surface area contributed by atoms with E-state index in [4.69, 9.17) is 11.1 Å². The topological polar surface area (TPSA) is 53.1 Å². The van der Waals surface area contributed by atoms with Gasteiger partial charge in [0.2, 0.25) is 0 Å². The molecule has 0 bridgehead atoms. The van der Waals surface area contributed by atoms with Crippen molar-refractivity contribution < 1.29 is 0 Å². The molecular formula is C17H21N3. The molecule has 2 aromatic rings. The Morgan fingerprint density at radius 1 is 1.10 bits per heavy atom. The van der Waals surface area contributed by atoms with Crippen molar-refractivity contribution in [1.82, 2.24) is 0 Å². The van der Waals surface area contributed by atoms with E-state index in [1.54, 1.807) is 0 Å². The lowest BCUT2D eigenvalue weighted by molar-refractivity contribution is 0.826. The van der Waals surface area contributed by atoms with Gasteiger partial charge in [-0.25, -0.2) is 0 Å². The fourth-order valence-electron chi connectivity index (χ4n) is 2.45. The molecular weight excluding hydrogens is 246 g/mol. The van der Waals surface area contributed by atoms with Crippen LogP contribution in [0.3, 0.4) is 0 Å². The summed E-state index contributed by atoms with van der Waals surface area (Å²) >= 11 is 0. The van der Waals surface area contributed by atoms with Crippen LogP contribution in [-0.4, -0.2) is 12.4 Å². The first kappa shape index (κ1) is 14.1. The second kappa shape index (κ2) is 6.24. The minimum Gasteiger partial charge on any atom is -0.384 e. The number of amidine groups is 1. The zero-order valence-electron chi connectivity index (χ0n) is 12.1. The Labute approximate surface area is 120 Å². The molecule has 20 heavy (non-hydrogen) atoms. The van der Waals surface area contributed by atoms with Gasteiger partial charge in [-0.15, -0.1) is 0 Å². The first-order valence-corrected chi connectivity index (χ1v) is 6.86. The van der Waals surface area contributed by atoms with Crippen molar-refractivity contribution in [2.24, 2.45) is 5.73 Å². The van der Waals surface area contributed by atoms with Crippen molar-refractivity contribution >= 4 is 11.5 Å². The van der Waals surface area contributed by atoms with Crippen LogP contribution in [0.1, 0.15) is 23.6 Å².